The molecule has 134 valence electrons. The minimum absolute atomic E-state index is 0.00418. The van der Waals surface area contributed by atoms with Gasteiger partial charge in [-0.15, -0.1) is 0 Å². The third-order valence-corrected chi connectivity index (χ3v) is 3.92. The zero-order valence-electron chi connectivity index (χ0n) is 13.9. The number of ether oxygens (including phenoxy) is 1. The lowest BCUT2D eigenvalue weighted by Crippen LogP contribution is -2.44. The number of hydrogen-bond acceptors (Lipinski definition) is 6. The lowest BCUT2D eigenvalue weighted by atomic mass is 10.1. The lowest BCUT2D eigenvalue weighted by molar-refractivity contribution is -0.141. The number of aliphatic hydroxyl groups excluding tert-OH is 1. The molecule has 0 spiro atoms. The average molecular weight is 348 g/mol. The van der Waals surface area contributed by atoms with E-state index in [4.69, 9.17) is 5.11 Å². The van der Waals surface area contributed by atoms with Crippen molar-refractivity contribution in [3.63, 3.8) is 0 Å². The number of methoxy groups -OCH3 is 1. The summed E-state index contributed by atoms with van der Waals surface area (Å²) < 4.78 is 4.55. The van der Waals surface area contributed by atoms with E-state index in [1.807, 2.05) is 0 Å². The van der Waals surface area contributed by atoms with Gasteiger partial charge in [0.05, 0.1) is 24.7 Å². The Morgan fingerprint density at radius 2 is 1.72 bits per heavy atom. The molecule has 0 aliphatic carbocycles. The normalized spacial score (nSPS) is 13.0. The number of esters is 1. The van der Waals surface area contributed by atoms with E-state index < -0.39 is 30.2 Å². The molecule has 8 heteroatoms. The van der Waals surface area contributed by atoms with Crippen LogP contribution in [0.25, 0.3) is 0 Å². The molecule has 0 unspecified atom stereocenters. The summed E-state index contributed by atoms with van der Waals surface area (Å²) in [6.07, 6.45) is 0.324. The minimum Gasteiger partial charge on any atom is -0.469 e. The predicted octanol–water partition coefficient (Wildman–Crippen LogP) is 0.0567. The zero-order valence-corrected chi connectivity index (χ0v) is 13.9. The molecule has 0 bridgehead atoms. The second-order valence-corrected chi connectivity index (χ2v) is 5.53. The van der Waals surface area contributed by atoms with Crippen molar-refractivity contribution in [2.75, 3.05) is 33.4 Å². The monoisotopic (exact) mass is 348 g/mol. The molecule has 25 heavy (non-hydrogen) atoms. The Kier molecular flexibility index (Phi) is 6.24. The Morgan fingerprint density at radius 1 is 1.12 bits per heavy atom. The number of carbonyl (C=O) groups excluding carboxylic acids is 4. The van der Waals surface area contributed by atoms with Crippen LogP contribution in [0.5, 0.6) is 0 Å². The van der Waals surface area contributed by atoms with Gasteiger partial charge >= 0.3 is 5.97 Å². The Balaban J connectivity index is 2.06. The highest BCUT2D eigenvalue weighted by Gasteiger charge is 2.37. The summed E-state index contributed by atoms with van der Waals surface area (Å²) in [6, 6.07) is 6.39. The molecule has 0 fully saturated rings. The molecule has 1 aromatic rings. The van der Waals surface area contributed by atoms with Crippen molar-refractivity contribution in [1.29, 1.82) is 0 Å². The van der Waals surface area contributed by atoms with E-state index in [2.05, 4.69) is 4.74 Å². The summed E-state index contributed by atoms with van der Waals surface area (Å²) in [5, 5.41) is 8.96. The van der Waals surface area contributed by atoms with Crippen molar-refractivity contribution >= 4 is 23.7 Å². The van der Waals surface area contributed by atoms with Crippen LogP contribution in [-0.2, 0) is 14.3 Å². The van der Waals surface area contributed by atoms with Gasteiger partial charge in [-0.3, -0.25) is 24.1 Å². The van der Waals surface area contributed by atoms with Crippen molar-refractivity contribution in [3.8, 4) is 0 Å². The summed E-state index contributed by atoms with van der Waals surface area (Å²) in [5.41, 5.74) is 0.550. The first kappa shape index (κ1) is 18.6. The van der Waals surface area contributed by atoms with Crippen LogP contribution in [0.1, 0.15) is 33.6 Å². The van der Waals surface area contributed by atoms with Crippen LogP contribution in [0.2, 0.25) is 0 Å². The number of rotatable bonds is 8. The molecule has 0 radical (unpaired) electrons. The maximum atomic E-state index is 12.5. The third kappa shape index (κ3) is 4.21. The fourth-order valence-electron chi connectivity index (χ4n) is 2.57. The van der Waals surface area contributed by atoms with E-state index in [1.54, 1.807) is 24.3 Å². The molecule has 0 saturated carbocycles. The zero-order chi connectivity index (χ0) is 18.4. The van der Waals surface area contributed by atoms with Crippen LogP contribution < -0.4 is 0 Å². The molecule has 1 aliphatic rings. The molecular formula is C17H20N2O6. The molecule has 3 amide bonds. The van der Waals surface area contributed by atoms with E-state index in [9.17, 15) is 19.2 Å². The maximum Gasteiger partial charge on any atom is 0.307 e. The third-order valence-electron chi connectivity index (χ3n) is 3.92. The predicted molar refractivity (Wildman–Crippen MR) is 86.7 cm³/mol. The highest BCUT2D eigenvalue weighted by molar-refractivity contribution is 6.22. The molecular weight excluding hydrogens is 328 g/mol. The van der Waals surface area contributed by atoms with Crippen LogP contribution in [0.4, 0.5) is 0 Å². The van der Waals surface area contributed by atoms with E-state index in [0.717, 1.165) is 4.90 Å². The molecule has 8 nitrogen and oxygen atoms in total. The average Bonchev–Trinajstić information content (AvgIpc) is 2.86. The SMILES string of the molecule is COC(=O)CCN(CCCO)C(=O)CN1C(=O)c2ccccc2C1=O. The van der Waals surface area contributed by atoms with Gasteiger partial charge in [0.2, 0.25) is 5.91 Å². The number of hydrogen-bond donors (Lipinski definition) is 1. The molecule has 2 rings (SSSR count). The van der Waals surface area contributed by atoms with Gasteiger partial charge in [-0.05, 0) is 18.6 Å². The Labute approximate surface area is 145 Å². The van der Waals surface area contributed by atoms with E-state index >= 15 is 0 Å². The summed E-state index contributed by atoms with van der Waals surface area (Å²) in [4.78, 5) is 50.6. The Bertz CT molecular complexity index is 652. The quantitative estimate of drug-likeness (QED) is 0.526. The first-order valence-corrected chi connectivity index (χ1v) is 7.90. The van der Waals surface area contributed by atoms with Gasteiger partial charge in [-0.25, -0.2) is 0 Å². The fraction of sp³-hybridized carbons (Fsp3) is 0.412. The lowest BCUT2D eigenvalue weighted by Gasteiger charge is -2.24. The molecule has 1 heterocycles. The van der Waals surface area contributed by atoms with E-state index in [1.165, 1.54) is 12.0 Å². The minimum atomic E-state index is -0.510. The van der Waals surface area contributed by atoms with Gasteiger partial charge < -0.3 is 14.7 Å². The standard InChI is InChI=1S/C17H20N2O6/c1-25-15(22)7-9-18(8-4-10-20)14(21)11-19-16(23)12-5-2-3-6-13(12)17(19)24/h2-3,5-6,20H,4,7-11H2,1H3. The molecule has 0 aromatic heterocycles. The van der Waals surface area contributed by atoms with Crippen molar-refractivity contribution in [2.45, 2.75) is 12.8 Å². The molecule has 1 aliphatic heterocycles. The first-order valence-electron chi connectivity index (χ1n) is 7.90. The van der Waals surface area contributed by atoms with Crippen molar-refractivity contribution in [2.24, 2.45) is 0 Å². The van der Waals surface area contributed by atoms with Crippen molar-refractivity contribution in [1.82, 2.24) is 9.80 Å². The van der Waals surface area contributed by atoms with Crippen molar-refractivity contribution in [3.05, 3.63) is 35.4 Å². The number of imide groups is 1. The topological polar surface area (TPSA) is 104 Å². The fourth-order valence-corrected chi connectivity index (χ4v) is 2.57. The van der Waals surface area contributed by atoms with Gasteiger partial charge in [-0.1, -0.05) is 12.1 Å². The molecule has 1 N–H and O–H groups in total. The van der Waals surface area contributed by atoms with Crippen LogP contribution in [-0.4, -0.2) is 71.9 Å². The van der Waals surface area contributed by atoms with Crippen molar-refractivity contribution < 1.29 is 29.0 Å². The summed E-state index contributed by atoms with van der Waals surface area (Å²) in [7, 11) is 1.25. The summed E-state index contributed by atoms with van der Waals surface area (Å²) >= 11 is 0. The second kappa shape index (κ2) is 8.39. The highest BCUT2D eigenvalue weighted by atomic mass is 16.5. The first-order chi connectivity index (χ1) is 12.0. The Morgan fingerprint density at radius 3 is 2.24 bits per heavy atom. The maximum absolute atomic E-state index is 12.5. The van der Waals surface area contributed by atoms with Gasteiger partial charge in [-0.2, -0.15) is 0 Å². The van der Waals surface area contributed by atoms with Gasteiger partial charge in [0.25, 0.3) is 11.8 Å². The summed E-state index contributed by atoms with van der Waals surface area (Å²) in [5.74, 6) is -1.96. The van der Waals surface area contributed by atoms with Gasteiger partial charge in [0, 0.05) is 19.7 Å². The number of nitrogens with zero attached hydrogens (tertiary/aromatic N) is 2. The van der Waals surface area contributed by atoms with Crippen LogP contribution in [0.15, 0.2) is 24.3 Å². The number of aliphatic hydroxyl groups is 1. The largest absolute Gasteiger partial charge is 0.469 e. The highest BCUT2D eigenvalue weighted by Crippen LogP contribution is 2.22. The number of benzene rings is 1. The Hall–Kier alpha value is -2.74. The number of fused-ring (bicyclic) bond motifs is 1. The van der Waals surface area contributed by atoms with Crippen LogP contribution in [0, 0.1) is 0 Å². The number of carbonyl (C=O) groups is 4. The molecule has 1 aromatic carbocycles. The molecule has 0 saturated heterocycles. The van der Waals surface area contributed by atoms with E-state index in [-0.39, 0.29) is 37.2 Å². The van der Waals surface area contributed by atoms with E-state index in [0.29, 0.717) is 6.42 Å². The van der Waals surface area contributed by atoms with Gasteiger partial charge in [0.15, 0.2) is 0 Å². The van der Waals surface area contributed by atoms with Gasteiger partial charge in [0.1, 0.15) is 6.54 Å². The second-order valence-electron chi connectivity index (χ2n) is 5.53. The van der Waals surface area contributed by atoms with Crippen LogP contribution in [0.3, 0.4) is 0 Å². The van der Waals surface area contributed by atoms with Crippen LogP contribution >= 0.6 is 0 Å². The molecule has 0 atom stereocenters. The summed E-state index contributed by atoms with van der Waals surface area (Å²) in [6.45, 7) is -0.210. The smallest absolute Gasteiger partial charge is 0.307 e. The number of amides is 3.